The molecule has 3 aliphatic carbocycles. The number of hydrazine groups is 1. The Morgan fingerprint density at radius 3 is 2.45 bits per heavy atom. The fraction of sp³-hybridized carbons (Fsp3) is 0.800. The normalized spacial score (nSPS) is 36.2. The van der Waals surface area contributed by atoms with E-state index in [0.717, 1.165) is 17.8 Å². The Bertz CT molecular complexity index is 921. The quantitative estimate of drug-likeness (QED) is 0.151. The molecule has 7 unspecified atom stereocenters. The van der Waals surface area contributed by atoms with Crippen molar-refractivity contribution in [3.8, 4) is 0 Å². The van der Waals surface area contributed by atoms with Crippen molar-refractivity contribution in [2.24, 2.45) is 39.7 Å². The number of nitrogens with one attached hydrogen (secondary N) is 2. The highest BCUT2D eigenvalue weighted by Crippen LogP contribution is 2.67. The molecule has 242 valence electrons. The highest BCUT2D eigenvalue weighted by molar-refractivity contribution is 5.84. The Hall–Kier alpha value is -1.57. The van der Waals surface area contributed by atoms with Crippen molar-refractivity contribution in [2.75, 3.05) is 27.2 Å². The van der Waals surface area contributed by atoms with Gasteiger partial charge in [-0.1, -0.05) is 77.1 Å². The van der Waals surface area contributed by atoms with Gasteiger partial charge < -0.3 is 10.2 Å². The van der Waals surface area contributed by atoms with Gasteiger partial charge in [-0.15, -0.1) is 0 Å². The average molecular weight is 593 g/mol. The molecule has 5 nitrogen and oxygen atoms in total. The third kappa shape index (κ3) is 8.12. The molecule has 0 spiro atoms. The first-order valence-corrected chi connectivity index (χ1v) is 16.6. The van der Waals surface area contributed by atoms with Crippen LogP contribution in [0.4, 0.5) is 8.78 Å². The van der Waals surface area contributed by atoms with Crippen molar-refractivity contribution in [1.82, 2.24) is 15.8 Å². The second kappa shape index (κ2) is 16.5. The second-order valence-electron chi connectivity index (χ2n) is 13.1. The first-order valence-electron chi connectivity index (χ1n) is 16.6. The van der Waals surface area contributed by atoms with E-state index in [4.69, 9.17) is 4.84 Å². The van der Waals surface area contributed by atoms with Gasteiger partial charge in [0.05, 0.1) is 11.8 Å². The molecular weight excluding hydrogens is 530 g/mol. The van der Waals surface area contributed by atoms with Gasteiger partial charge in [0, 0.05) is 32.5 Å². The smallest absolute Gasteiger partial charge is 0.264 e. The van der Waals surface area contributed by atoms with Gasteiger partial charge in [-0.2, -0.15) is 0 Å². The van der Waals surface area contributed by atoms with Gasteiger partial charge in [0.25, 0.3) is 5.92 Å². The zero-order valence-electron chi connectivity index (χ0n) is 28.1. The summed E-state index contributed by atoms with van der Waals surface area (Å²) in [7, 11) is 3.62. The molecule has 0 aromatic heterocycles. The molecule has 42 heavy (non-hydrogen) atoms. The van der Waals surface area contributed by atoms with Crippen LogP contribution in [-0.2, 0) is 4.84 Å². The maximum atomic E-state index is 13.1. The molecule has 0 aromatic rings. The zero-order valence-corrected chi connectivity index (χ0v) is 28.1. The van der Waals surface area contributed by atoms with Crippen molar-refractivity contribution in [1.29, 1.82) is 0 Å². The van der Waals surface area contributed by atoms with Crippen molar-refractivity contribution < 1.29 is 13.6 Å². The van der Waals surface area contributed by atoms with Gasteiger partial charge in [-0.05, 0) is 93.9 Å². The molecule has 1 aliphatic heterocycles. The van der Waals surface area contributed by atoms with Gasteiger partial charge in [0.15, 0.2) is 0 Å². The Morgan fingerprint density at radius 2 is 1.88 bits per heavy atom. The molecule has 1 saturated heterocycles. The number of rotatable bonds is 10. The largest absolute Gasteiger partial charge is 0.366 e. The fourth-order valence-corrected chi connectivity index (χ4v) is 9.02. The Labute approximate surface area is 256 Å². The molecule has 0 bridgehead atoms. The van der Waals surface area contributed by atoms with Crippen LogP contribution in [0.15, 0.2) is 42.3 Å². The van der Waals surface area contributed by atoms with Crippen LogP contribution in [0, 0.1) is 34.5 Å². The minimum Gasteiger partial charge on any atom is -0.366 e. The molecule has 1 heterocycles. The highest BCUT2D eigenvalue weighted by atomic mass is 19.3. The van der Waals surface area contributed by atoms with Crippen LogP contribution in [-0.4, -0.2) is 49.9 Å². The fourth-order valence-electron chi connectivity index (χ4n) is 9.02. The standard InChI is InChI=1S/C25H39NO.C8H17F2N3.C2H6/c1-7-10-19-15-17-25(6)22-13-11-20(18(4)26-27-9-3)21(22)12-14-23(25)24(19,5)16-8-2;1-11-13(2)6-3-7-8(9,10)4-5-12-7;1-2/h7,9-10,20-23H,1,3,8,11-17H2,2,4-6H3;7,11-12H,3-6H2,1-2H3;1-2H3/b19-10-,26-18+;;. The van der Waals surface area contributed by atoms with Crippen LogP contribution in [0.2, 0.25) is 0 Å². The summed E-state index contributed by atoms with van der Waals surface area (Å²) < 4.78 is 26.1. The average Bonchev–Trinajstić information content (AvgIpc) is 3.57. The summed E-state index contributed by atoms with van der Waals surface area (Å²) in [6.07, 6.45) is 16.7. The van der Waals surface area contributed by atoms with E-state index in [9.17, 15) is 8.78 Å². The van der Waals surface area contributed by atoms with E-state index in [0.29, 0.717) is 36.3 Å². The molecule has 4 fully saturated rings. The van der Waals surface area contributed by atoms with Gasteiger partial charge in [0.1, 0.15) is 6.26 Å². The van der Waals surface area contributed by atoms with Crippen LogP contribution in [0.3, 0.4) is 0 Å². The lowest BCUT2D eigenvalue weighted by Gasteiger charge is -2.60. The number of hydrogen-bond acceptors (Lipinski definition) is 5. The molecule has 4 aliphatic rings. The Morgan fingerprint density at radius 1 is 1.17 bits per heavy atom. The summed E-state index contributed by atoms with van der Waals surface area (Å²) in [6, 6.07) is -0.650. The van der Waals surface area contributed by atoms with Gasteiger partial charge >= 0.3 is 0 Å². The summed E-state index contributed by atoms with van der Waals surface area (Å²) in [5.74, 6) is 0.479. The van der Waals surface area contributed by atoms with E-state index in [1.165, 1.54) is 63.3 Å². The van der Waals surface area contributed by atoms with E-state index in [1.54, 1.807) is 17.6 Å². The van der Waals surface area contributed by atoms with E-state index in [1.807, 2.05) is 27.0 Å². The van der Waals surface area contributed by atoms with Crippen LogP contribution < -0.4 is 10.7 Å². The monoisotopic (exact) mass is 592 g/mol. The molecule has 4 rings (SSSR count). The maximum absolute atomic E-state index is 13.1. The van der Waals surface area contributed by atoms with Gasteiger partial charge in [-0.25, -0.2) is 13.8 Å². The van der Waals surface area contributed by atoms with E-state index >= 15 is 0 Å². The van der Waals surface area contributed by atoms with E-state index in [2.05, 4.69) is 62.8 Å². The number of alkyl halides is 2. The summed E-state index contributed by atoms with van der Waals surface area (Å²) in [5.41, 5.74) is 6.51. The van der Waals surface area contributed by atoms with Crippen molar-refractivity contribution >= 4 is 5.71 Å². The maximum Gasteiger partial charge on any atom is 0.264 e. The van der Waals surface area contributed by atoms with Crippen molar-refractivity contribution in [2.45, 2.75) is 118 Å². The number of hydrogen-bond donors (Lipinski definition) is 2. The van der Waals surface area contributed by atoms with Crippen molar-refractivity contribution in [3.63, 3.8) is 0 Å². The lowest BCUT2D eigenvalue weighted by molar-refractivity contribution is -0.0753. The predicted octanol–water partition coefficient (Wildman–Crippen LogP) is 8.76. The Balaban J connectivity index is 0.000000345. The molecule has 0 aromatic carbocycles. The number of allylic oxidation sites excluding steroid dienone is 3. The molecule has 7 atom stereocenters. The summed E-state index contributed by atoms with van der Waals surface area (Å²) in [6.45, 7) is 22.4. The third-order valence-electron chi connectivity index (χ3n) is 11.1. The molecule has 3 saturated carbocycles. The van der Waals surface area contributed by atoms with Crippen LogP contribution in [0.1, 0.15) is 106 Å². The van der Waals surface area contributed by atoms with Crippen molar-refractivity contribution in [3.05, 3.63) is 37.1 Å². The highest BCUT2D eigenvalue weighted by Gasteiger charge is 2.59. The van der Waals surface area contributed by atoms with E-state index in [-0.39, 0.29) is 6.42 Å². The summed E-state index contributed by atoms with van der Waals surface area (Å²) >= 11 is 0. The first-order chi connectivity index (χ1) is 20.0. The Kier molecular flexibility index (Phi) is 14.4. The van der Waals surface area contributed by atoms with Crippen LogP contribution in [0.5, 0.6) is 0 Å². The number of fused-ring (bicyclic) bond motifs is 3. The molecule has 0 radical (unpaired) electrons. The van der Waals surface area contributed by atoms with Gasteiger partial charge in [0.2, 0.25) is 0 Å². The number of halogens is 2. The summed E-state index contributed by atoms with van der Waals surface area (Å²) in [5, 5.41) is 8.94. The molecular formula is C35H62F2N4O. The topological polar surface area (TPSA) is 48.9 Å². The number of nitrogens with zero attached hydrogens (tertiary/aromatic N) is 2. The third-order valence-corrected chi connectivity index (χ3v) is 11.1. The van der Waals surface area contributed by atoms with Crippen LogP contribution in [0.25, 0.3) is 0 Å². The molecule has 0 amide bonds. The number of oxime groups is 1. The minimum absolute atomic E-state index is 0.0269. The minimum atomic E-state index is -2.52. The zero-order chi connectivity index (χ0) is 31.6. The van der Waals surface area contributed by atoms with Gasteiger partial charge in [-0.3, -0.25) is 5.43 Å². The van der Waals surface area contributed by atoms with E-state index < -0.39 is 12.0 Å². The first kappa shape index (κ1) is 36.6. The second-order valence-corrected chi connectivity index (χ2v) is 13.1. The lowest BCUT2D eigenvalue weighted by atomic mass is 9.44. The summed E-state index contributed by atoms with van der Waals surface area (Å²) in [4.78, 5) is 5.16. The molecule has 7 heteroatoms. The lowest BCUT2D eigenvalue weighted by Crippen LogP contribution is -2.52. The SMILES string of the molecule is C=C/C=C1/CCC2(C)C3CCC(/C(C)=N/OC=C)C3CCC2C1(C)CCC.CC.CNN(C)CCC1NCCC1(F)F. The molecule has 2 N–H and O–H groups in total. The predicted molar refractivity (Wildman–Crippen MR) is 174 cm³/mol. The van der Waals surface area contributed by atoms with Crippen LogP contribution >= 0.6 is 0 Å².